The van der Waals surface area contributed by atoms with E-state index in [1.165, 1.54) is 16.9 Å². The maximum Gasteiger partial charge on any atom is 0.235 e. The number of aromatic nitrogens is 4. The summed E-state index contributed by atoms with van der Waals surface area (Å²) >= 11 is 1.54. The molecule has 0 spiro atoms. The third-order valence-electron chi connectivity index (χ3n) is 3.60. The maximum atomic E-state index is 5.19. The summed E-state index contributed by atoms with van der Waals surface area (Å²) in [6.45, 7) is 2.08. The van der Waals surface area contributed by atoms with Gasteiger partial charge in [0.15, 0.2) is 5.82 Å². The summed E-state index contributed by atoms with van der Waals surface area (Å²) in [5, 5.41) is 14.1. The van der Waals surface area contributed by atoms with E-state index >= 15 is 0 Å². The zero-order chi connectivity index (χ0) is 15.8. The van der Waals surface area contributed by atoms with Gasteiger partial charge >= 0.3 is 0 Å². The number of methoxy groups -OCH3 is 1. The van der Waals surface area contributed by atoms with Gasteiger partial charge in [-0.3, -0.25) is 0 Å². The first kappa shape index (κ1) is 13.9. The molecule has 23 heavy (non-hydrogen) atoms. The highest BCUT2D eigenvalue weighted by Crippen LogP contribution is 2.29. The van der Waals surface area contributed by atoms with Crippen molar-refractivity contribution in [1.82, 2.24) is 19.8 Å². The Kier molecular flexibility index (Phi) is 3.31. The van der Waals surface area contributed by atoms with E-state index in [1.54, 1.807) is 11.6 Å². The molecule has 0 bridgehead atoms. The number of hydrogen-bond acceptors (Lipinski definition) is 5. The van der Waals surface area contributed by atoms with Crippen molar-refractivity contribution in [2.45, 2.75) is 6.92 Å². The second-order valence-corrected chi connectivity index (χ2v) is 6.18. The van der Waals surface area contributed by atoms with Crippen LogP contribution >= 0.6 is 11.3 Å². The van der Waals surface area contributed by atoms with Crippen LogP contribution in [0.15, 0.2) is 48.5 Å². The van der Waals surface area contributed by atoms with Gasteiger partial charge in [0.1, 0.15) is 10.8 Å². The number of rotatable bonds is 3. The van der Waals surface area contributed by atoms with Crippen LogP contribution in [0.3, 0.4) is 0 Å². The highest BCUT2D eigenvalue weighted by Gasteiger charge is 2.14. The largest absolute Gasteiger partial charge is 0.497 e. The topological polar surface area (TPSA) is 52.3 Å². The van der Waals surface area contributed by atoms with Crippen molar-refractivity contribution in [3.63, 3.8) is 0 Å². The van der Waals surface area contributed by atoms with Crippen molar-refractivity contribution >= 4 is 16.3 Å². The zero-order valence-electron chi connectivity index (χ0n) is 12.7. The Bertz CT molecular complexity index is 972. The molecule has 0 fully saturated rings. The van der Waals surface area contributed by atoms with Gasteiger partial charge in [0.2, 0.25) is 4.96 Å². The molecule has 0 unspecified atom stereocenters. The summed E-state index contributed by atoms with van der Waals surface area (Å²) in [6.07, 6.45) is 0. The van der Waals surface area contributed by atoms with Crippen LogP contribution in [0.2, 0.25) is 0 Å². The summed E-state index contributed by atoms with van der Waals surface area (Å²) < 4.78 is 6.99. The Hall–Kier alpha value is -2.73. The average molecular weight is 322 g/mol. The molecule has 5 nitrogen and oxygen atoms in total. The minimum absolute atomic E-state index is 0.734. The highest BCUT2D eigenvalue weighted by molar-refractivity contribution is 7.19. The Morgan fingerprint density at radius 3 is 2.57 bits per heavy atom. The lowest BCUT2D eigenvalue weighted by molar-refractivity contribution is 0.415. The molecule has 0 aliphatic carbocycles. The standard InChI is InChI=1S/C17H14N4OS/c1-11-4-3-5-13(10-11)16-20-21-15(18-19-17(21)23-16)12-6-8-14(22-2)9-7-12/h3-10H,1-2H3. The van der Waals surface area contributed by atoms with Crippen LogP contribution in [0.4, 0.5) is 0 Å². The lowest BCUT2D eigenvalue weighted by Crippen LogP contribution is -1.91. The molecule has 0 aliphatic rings. The number of fused-ring (bicyclic) bond motifs is 1. The average Bonchev–Trinajstić information content (AvgIpc) is 3.15. The van der Waals surface area contributed by atoms with Crippen LogP contribution in [0.25, 0.3) is 26.9 Å². The van der Waals surface area contributed by atoms with Crippen LogP contribution in [0.1, 0.15) is 5.56 Å². The molecule has 0 atom stereocenters. The van der Waals surface area contributed by atoms with Crippen LogP contribution in [-0.4, -0.2) is 26.9 Å². The molecule has 4 aromatic rings. The molecule has 0 saturated carbocycles. The minimum atomic E-state index is 0.734. The first-order valence-corrected chi connectivity index (χ1v) is 8.00. The second-order valence-electron chi connectivity index (χ2n) is 5.22. The lowest BCUT2D eigenvalue weighted by atomic mass is 10.1. The van der Waals surface area contributed by atoms with E-state index in [2.05, 4.69) is 40.4 Å². The van der Waals surface area contributed by atoms with Crippen molar-refractivity contribution in [1.29, 1.82) is 0 Å². The minimum Gasteiger partial charge on any atom is -0.497 e. The molecule has 0 amide bonds. The van der Waals surface area contributed by atoms with E-state index < -0.39 is 0 Å². The third kappa shape index (κ3) is 2.47. The number of benzene rings is 2. The highest BCUT2D eigenvalue weighted by atomic mass is 32.1. The van der Waals surface area contributed by atoms with Crippen molar-refractivity contribution in [3.05, 3.63) is 54.1 Å². The van der Waals surface area contributed by atoms with Gasteiger partial charge in [-0.2, -0.15) is 9.61 Å². The summed E-state index contributed by atoms with van der Waals surface area (Å²) in [5.41, 5.74) is 3.27. The molecule has 2 aromatic carbocycles. The first-order valence-electron chi connectivity index (χ1n) is 7.18. The van der Waals surface area contributed by atoms with Crippen LogP contribution in [0, 0.1) is 6.92 Å². The van der Waals surface area contributed by atoms with Crippen molar-refractivity contribution in [2.75, 3.05) is 7.11 Å². The van der Waals surface area contributed by atoms with Gasteiger partial charge in [-0.05, 0) is 37.3 Å². The van der Waals surface area contributed by atoms with Crippen molar-refractivity contribution in [2.24, 2.45) is 0 Å². The SMILES string of the molecule is COc1ccc(-c2nnc3sc(-c4cccc(C)c4)nn23)cc1. The van der Waals surface area contributed by atoms with Crippen LogP contribution in [-0.2, 0) is 0 Å². The third-order valence-corrected chi connectivity index (χ3v) is 4.55. The van der Waals surface area contributed by atoms with Crippen molar-refractivity contribution < 1.29 is 4.74 Å². The van der Waals surface area contributed by atoms with Crippen molar-refractivity contribution in [3.8, 4) is 27.7 Å². The van der Waals surface area contributed by atoms with Gasteiger partial charge in [-0.15, -0.1) is 10.2 Å². The molecular weight excluding hydrogens is 308 g/mol. The van der Waals surface area contributed by atoms with E-state index in [0.29, 0.717) is 0 Å². The Labute approximate surface area is 137 Å². The fourth-order valence-electron chi connectivity index (χ4n) is 2.43. The molecular formula is C17H14N4OS. The summed E-state index contributed by atoms with van der Waals surface area (Å²) in [6, 6.07) is 16.0. The summed E-state index contributed by atoms with van der Waals surface area (Å²) in [5.74, 6) is 1.55. The van der Waals surface area contributed by atoms with E-state index in [4.69, 9.17) is 4.74 Å². The summed E-state index contributed by atoms with van der Waals surface area (Å²) in [7, 11) is 1.65. The number of aryl methyl sites for hydroxylation is 1. The predicted molar refractivity (Wildman–Crippen MR) is 90.8 cm³/mol. The van der Waals surface area contributed by atoms with Gasteiger partial charge in [0.25, 0.3) is 0 Å². The molecule has 0 N–H and O–H groups in total. The zero-order valence-corrected chi connectivity index (χ0v) is 13.5. The molecule has 0 saturated heterocycles. The van der Waals surface area contributed by atoms with E-state index in [0.717, 1.165) is 32.7 Å². The molecule has 0 aliphatic heterocycles. The fraction of sp³-hybridized carbons (Fsp3) is 0.118. The molecule has 114 valence electrons. The Morgan fingerprint density at radius 2 is 1.83 bits per heavy atom. The van der Waals surface area contributed by atoms with Crippen LogP contribution in [0.5, 0.6) is 5.75 Å². The number of hydrogen-bond donors (Lipinski definition) is 0. The predicted octanol–water partition coefficient (Wildman–Crippen LogP) is 3.84. The maximum absolute atomic E-state index is 5.19. The lowest BCUT2D eigenvalue weighted by Gasteiger charge is -2.00. The van der Waals surface area contributed by atoms with Gasteiger partial charge in [0.05, 0.1) is 7.11 Å². The molecule has 4 rings (SSSR count). The molecule has 0 radical (unpaired) electrons. The number of nitrogens with zero attached hydrogens (tertiary/aromatic N) is 4. The van der Waals surface area contributed by atoms with E-state index in [9.17, 15) is 0 Å². The first-order chi connectivity index (χ1) is 11.2. The molecule has 6 heteroatoms. The summed E-state index contributed by atoms with van der Waals surface area (Å²) in [4.78, 5) is 0.785. The molecule has 2 heterocycles. The van der Waals surface area contributed by atoms with Gasteiger partial charge in [-0.25, -0.2) is 0 Å². The van der Waals surface area contributed by atoms with Gasteiger partial charge < -0.3 is 4.74 Å². The second kappa shape index (κ2) is 5.48. The smallest absolute Gasteiger partial charge is 0.235 e. The Balaban J connectivity index is 1.80. The van der Waals surface area contributed by atoms with E-state index in [-0.39, 0.29) is 0 Å². The van der Waals surface area contributed by atoms with Crippen LogP contribution < -0.4 is 4.74 Å². The van der Waals surface area contributed by atoms with Gasteiger partial charge in [-0.1, -0.05) is 35.1 Å². The van der Waals surface area contributed by atoms with Gasteiger partial charge in [0, 0.05) is 11.1 Å². The normalized spacial score (nSPS) is 11.0. The fourth-order valence-corrected chi connectivity index (χ4v) is 3.27. The van der Waals surface area contributed by atoms with E-state index in [1.807, 2.05) is 30.3 Å². The Morgan fingerprint density at radius 1 is 1.00 bits per heavy atom. The molecule has 2 aromatic heterocycles. The monoisotopic (exact) mass is 322 g/mol. The number of ether oxygens (including phenoxy) is 1. The quantitative estimate of drug-likeness (QED) is 0.575.